The Morgan fingerprint density at radius 2 is 2.25 bits per heavy atom. The maximum Gasteiger partial charge on any atom is 0.290 e. The van der Waals surface area contributed by atoms with Crippen LogP contribution in [0.3, 0.4) is 0 Å². The van der Waals surface area contributed by atoms with E-state index >= 15 is 0 Å². The minimum absolute atomic E-state index is 0.0590. The number of carbonyl (C=O) groups is 2. The molecule has 0 unspecified atom stereocenters. The Hall–Kier alpha value is -2.07. The summed E-state index contributed by atoms with van der Waals surface area (Å²) in [5, 5.41) is 21.2. The molecule has 0 bridgehead atoms. The number of rotatable bonds is 4. The van der Waals surface area contributed by atoms with Crippen molar-refractivity contribution in [1.29, 1.82) is 0 Å². The zero-order valence-electron chi connectivity index (χ0n) is 14.0. The molecule has 10 nitrogen and oxygen atoms in total. The summed E-state index contributed by atoms with van der Waals surface area (Å²) in [7, 11) is 0. The van der Waals surface area contributed by atoms with Crippen LogP contribution in [0.5, 0.6) is 0 Å². The van der Waals surface area contributed by atoms with Crippen molar-refractivity contribution in [1.82, 2.24) is 30.4 Å². The van der Waals surface area contributed by atoms with Gasteiger partial charge < -0.3 is 15.2 Å². The summed E-state index contributed by atoms with van der Waals surface area (Å²) in [5.74, 6) is 0.788. The molecular weight excluding hydrogens is 316 g/mol. The van der Waals surface area contributed by atoms with Gasteiger partial charge >= 0.3 is 0 Å². The summed E-state index contributed by atoms with van der Waals surface area (Å²) in [4.78, 5) is 22.8. The minimum atomic E-state index is -0.250. The van der Waals surface area contributed by atoms with Crippen molar-refractivity contribution < 1.29 is 19.4 Å². The third-order valence-electron chi connectivity index (χ3n) is 4.22. The predicted octanol–water partition coefficient (Wildman–Crippen LogP) is -0.950. The highest BCUT2D eigenvalue weighted by Gasteiger charge is 2.36. The molecule has 0 aromatic carbocycles. The van der Waals surface area contributed by atoms with E-state index in [-0.39, 0.29) is 18.4 Å². The van der Waals surface area contributed by atoms with Gasteiger partial charge in [0.15, 0.2) is 0 Å². The van der Waals surface area contributed by atoms with Gasteiger partial charge in [-0.1, -0.05) is 0 Å². The molecule has 2 saturated heterocycles. The Morgan fingerprint density at radius 1 is 1.50 bits per heavy atom. The molecule has 3 atom stereocenters. The first-order chi connectivity index (χ1) is 11.5. The molecule has 1 amide bonds. The van der Waals surface area contributed by atoms with Crippen LogP contribution < -0.4 is 5.32 Å². The number of nitrogens with zero attached hydrogens (tertiary/aromatic N) is 5. The SMILES string of the molecule is Cc1nnnn1CCC(=O)N[C@@H]1C[C@H]2CO[C@@H](C)CN2C1.O=CO. The van der Waals surface area contributed by atoms with E-state index in [4.69, 9.17) is 14.6 Å². The van der Waals surface area contributed by atoms with Crippen LogP contribution in [0, 0.1) is 6.92 Å². The molecule has 134 valence electrons. The van der Waals surface area contributed by atoms with E-state index in [1.54, 1.807) is 4.68 Å². The van der Waals surface area contributed by atoms with Crippen molar-refractivity contribution in [3.63, 3.8) is 0 Å². The monoisotopic (exact) mass is 340 g/mol. The summed E-state index contributed by atoms with van der Waals surface area (Å²) in [6, 6.07) is 0.680. The molecule has 2 aliphatic rings. The number of hydrogen-bond acceptors (Lipinski definition) is 7. The molecule has 10 heteroatoms. The van der Waals surface area contributed by atoms with E-state index < -0.39 is 0 Å². The van der Waals surface area contributed by atoms with Gasteiger partial charge in [0.2, 0.25) is 5.91 Å². The first-order valence-electron chi connectivity index (χ1n) is 7.99. The molecule has 24 heavy (non-hydrogen) atoms. The highest BCUT2D eigenvalue weighted by molar-refractivity contribution is 5.76. The number of hydrogen-bond donors (Lipinski definition) is 2. The summed E-state index contributed by atoms with van der Waals surface area (Å²) in [5.41, 5.74) is 0. The second kappa shape index (κ2) is 8.69. The van der Waals surface area contributed by atoms with Crippen LogP contribution in [0.25, 0.3) is 0 Å². The van der Waals surface area contributed by atoms with Crippen molar-refractivity contribution >= 4 is 12.4 Å². The van der Waals surface area contributed by atoms with E-state index in [0.717, 1.165) is 31.9 Å². The van der Waals surface area contributed by atoms with Crippen LogP contribution in [0.4, 0.5) is 0 Å². The lowest BCUT2D eigenvalue weighted by atomic mass is 10.1. The number of aryl methyl sites for hydroxylation is 2. The van der Waals surface area contributed by atoms with Crippen LogP contribution >= 0.6 is 0 Å². The second-order valence-electron chi connectivity index (χ2n) is 6.06. The zero-order chi connectivity index (χ0) is 17.5. The summed E-state index contributed by atoms with van der Waals surface area (Å²) < 4.78 is 7.32. The van der Waals surface area contributed by atoms with Crippen LogP contribution in [0.15, 0.2) is 0 Å². The smallest absolute Gasteiger partial charge is 0.290 e. The molecule has 1 aromatic rings. The maximum absolute atomic E-state index is 12.0. The quantitative estimate of drug-likeness (QED) is 0.673. The average Bonchev–Trinajstić information content (AvgIpc) is 3.11. The molecule has 0 radical (unpaired) electrons. The van der Waals surface area contributed by atoms with Crippen LogP contribution in [0.1, 0.15) is 25.6 Å². The number of morpholine rings is 1. The van der Waals surface area contributed by atoms with Gasteiger partial charge in [0.05, 0.1) is 19.3 Å². The number of carbonyl (C=O) groups excluding carboxylic acids is 1. The number of aromatic nitrogens is 4. The van der Waals surface area contributed by atoms with Gasteiger partial charge in [0, 0.05) is 31.6 Å². The Balaban J connectivity index is 0.000000647. The lowest BCUT2D eigenvalue weighted by Crippen LogP contribution is -2.45. The van der Waals surface area contributed by atoms with Gasteiger partial charge in [-0.05, 0) is 30.7 Å². The molecule has 2 aliphatic heterocycles. The summed E-state index contributed by atoms with van der Waals surface area (Å²) in [6.45, 7) is 6.85. The molecule has 0 saturated carbocycles. The molecule has 0 spiro atoms. The normalized spacial score (nSPS) is 26.2. The number of nitrogens with one attached hydrogen (secondary N) is 1. The van der Waals surface area contributed by atoms with Crippen molar-refractivity contribution in [3.8, 4) is 0 Å². The van der Waals surface area contributed by atoms with Crippen molar-refractivity contribution in [3.05, 3.63) is 5.82 Å². The molecule has 0 aliphatic carbocycles. The standard InChI is InChI=1S/C13H22N6O2.CH2O2/c1-9-6-18-7-11(5-12(18)8-21-9)14-13(20)3-4-19-10(2)15-16-17-19;2-1-3/h9,11-12H,3-8H2,1-2H3,(H,14,20);1H,(H,2,3)/t9-,11+,12-;/m0./s1. The van der Waals surface area contributed by atoms with Gasteiger partial charge in [0.1, 0.15) is 5.82 Å². The van der Waals surface area contributed by atoms with Gasteiger partial charge in [-0.2, -0.15) is 0 Å². The third-order valence-corrected chi connectivity index (χ3v) is 4.22. The van der Waals surface area contributed by atoms with Gasteiger partial charge in [-0.15, -0.1) is 5.10 Å². The zero-order valence-corrected chi connectivity index (χ0v) is 14.0. The van der Waals surface area contributed by atoms with Crippen molar-refractivity contribution in [2.75, 3.05) is 19.7 Å². The van der Waals surface area contributed by atoms with Crippen LogP contribution in [0.2, 0.25) is 0 Å². The van der Waals surface area contributed by atoms with Crippen LogP contribution in [-0.4, -0.2) is 80.5 Å². The molecule has 3 heterocycles. The first-order valence-corrected chi connectivity index (χ1v) is 7.99. The molecule has 1 aromatic heterocycles. The predicted molar refractivity (Wildman–Crippen MR) is 83.2 cm³/mol. The number of amides is 1. The average molecular weight is 340 g/mol. The maximum atomic E-state index is 12.0. The Bertz CT molecular complexity index is 551. The Morgan fingerprint density at radius 3 is 2.92 bits per heavy atom. The van der Waals surface area contributed by atoms with Gasteiger partial charge in [0.25, 0.3) is 6.47 Å². The molecular formula is C14H24N6O4. The molecule has 2 fully saturated rings. The fourth-order valence-corrected chi connectivity index (χ4v) is 3.11. The van der Waals surface area contributed by atoms with E-state index in [0.29, 0.717) is 25.1 Å². The van der Waals surface area contributed by atoms with Crippen LogP contribution in [-0.2, 0) is 20.9 Å². The van der Waals surface area contributed by atoms with Gasteiger partial charge in [-0.3, -0.25) is 14.5 Å². The van der Waals surface area contributed by atoms with E-state index in [1.165, 1.54) is 0 Å². The summed E-state index contributed by atoms with van der Waals surface area (Å²) in [6.07, 6.45) is 1.67. The fraction of sp³-hybridized carbons (Fsp3) is 0.786. The largest absolute Gasteiger partial charge is 0.483 e. The number of fused-ring (bicyclic) bond motifs is 1. The minimum Gasteiger partial charge on any atom is -0.483 e. The molecule has 2 N–H and O–H groups in total. The van der Waals surface area contributed by atoms with E-state index in [2.05, 4.69) is 32.7 Å². The number of tetrazole rings is 1. The lowest BCUT2D eigenvalue weighted by molar-refractivity contribution is -0.123. The van der Waals surface area contributed by atoms with E-state index in [1.807, 2.05) is 6.92 Å². The lowest BCUT2D eigenvalue weighted by Gasteiger charge is -2.33. The highest BCUT2D eigenvalue weighted by atomic mass is 16.5. The second-order valence-corrected chi connectivity index (χ2v) is 6.06. The third kappa shape index (κ3) is 4.96. The number of ether oxygens (including phenoxy) is 1. The van der Waals surface area contributed by atoms with Crippen molar-refractivity contribution in [2.45, 2.75) is 51.4 Å². The Labute approximate surface area is 140 Å². The van der Waals surface area contributed by atoms with Gasteiger partial charge in [-0.25, -0.2) is 4.68 Å². The molecule has 3 rings (SSSR count). The van der Waals surface area contributed by atoms with E-state index in [9.17, 15) is 4.79 Å². The Kier molecular flexibility index (Phi) is 6.62. The highest BCUT2D eigenvalue weighted by Crippen LogP contribution is 2.23. The fourth-order valence-electron chi connectivity index (χ4n) is 3.11. The summed E-state index contributed by atoms with van der Waals surface area (Å²) >= 11 is 0. The van der Waals surface area contributed by atoms with Crippen molar-refractivity contribution in [2.24, 2.45) is 0 Å². The topological polar surface area (TPSA) is 122 Å². The number of carboxylic acid groups (broad SMARTS) is 1. The first kappa shape index (κ1) is 18.3.